The summed E-state index contributed by atoms with van der Waals surface area (Å²) in [6, 6.07) is 3.91. The lowest BCUT2D eigenvalue weighted by atomic mass is 10.0. The minimum atomic E-state index is 0.435. The molecule has 0 fully saturated rings. The van der Waals surface area contributed by atoms with Crippen molar-refractivity contribution in [1.82, 2.24) is 0 Å². The van der Waals surface area contributed by atoms with Crippen molar-refractivity contribution in [2.24, 2.45) is 0 Å². The molecule has 0 unspecified atom stereocenters. The van der Waals surface area contributed by atoms with Crippen LogP contribution in [0.2, 0.25) is 0 Å². The van der Waals surface area contributed by atoms with Crippen LogP contribution in [0.1, 0.15) is 23.6 Å². The highest BCUT2D eigenvalue weighted by Crippen LogP contribution is 2.22. The smallest absolute Gasteiger partial charge is 0.119 e. The predicted octanol–water partition coefficient (Wildman–Crippen LogP) is 2.57. The second kappa shape index (κ2) is 2.95. The average Bonchev–Trinajstić information content (AvgIpc) is 1.85. The Labute approximate surface area is 67.7 Å². The van der Waals surface area contributed by atoms with Gasteiger partial charge >= 0.3 is 0 Å². The molecule has 0 aromatic heterocycles. The van der Waals surface area contributed by atoms with Gasteiger partial charge in [-0.05, 0) is 43.0 Å². The van der Waals surface area contributed by atoms with Gasteiger partial charge in [0.25, 0.3) is 0 Å². The SMILES string of the molecule is CCc1c(C)cc(C)cc1O. The zero-order valence-electron chi connectivity index (χ0n) is 7.31. The molecule has 0 heterocycles. The zero-order valence-corrected chi connectivity index (χ0v) is 7.31. The molecule has 0 saturated carbocycles. The van der Waals surface area contributed by atoms with E-state index in [1.54, 1.807) is 0 Å². The monoisotopic (exact) mass is 150 g/mol. The van der Waals surface area contributed by atoms with E-state index >= 15 is 0 Å². The highest BCUT2D eigenvalue weighted by atomic mass is 16.3. The van der Waals surface area contributed by atoms with Gasteiger partial charge in [-0.25, -0.2) is 0 Å². The number of rotatable bonds is 1. The number of aryl methyl sites for hydroxylation is 2. The van der Waals surface area contributed by atoms with Gasteiger partial charge in [0.1, 0.15) is 5.75 Å². The van der Waals surface area contributed by atoms with Crippen LogP contribution < -0.4 is 0 Å². The van der Waals surface area contributed by atoms with Gasteiger partial charge in [-0.3, -0.25) is 0 Å². The molecule has 0 radical (unpaired) electrons. The molecule has 0 aliphatic carbocycles. The van der Waals surface area contributed by atoms with E-state index in [-0.39, 0.29) is 0 Å². The molecule has 60 valence electrons. The van der Waals surface area contributed by atoms with E-state index < -0.39 is 0 Å². The molecule has 0 atom stereocenters. The Morgan fingerprint density at radius 3 is 2.36 bits per heavy atom. The highest BCUT2D eigenvalue weighted by Gasteiger charge is 2.02. The third-order valence-corrected chi connectivity index (χ3v) is 1.95. The van der Waals surface area contributed by atoms with Crippen molar-refractivity contribution in [3.63, 3.8) is 0 Å². The first-order valence-corrected chi connectivity index (χ1v) is 3.94. The number of phenolic OH excluding ortho intramolecular Hbond substituents is 1. The number of hydrogen-bond donors (Lipinski definition) is 1. The molecule has 1 rings (SSSR count). The van der Waals surface area contributed by atoms with E-state index in [1.807, 2.05) is 19.9 Å². The molecule has 0 amide bonds. The van der Waals surface area contributed by atoms with Crippen molar-refractivity contribution < 1.29 is 5.11 Å². The summed E-state index contributed by atoms with van der Waals surface area (Å²) in [4.78, 5) is 0. The summed E-state index contributed by atoms with van der Waals surface area (Å²) >= 11 is 0. The average molecular weight is 150 g/mol. The Morgan fingerprint density at radius 2 is 1.91 bits per heavy atom. The normalized spacial score (nSPS) is 10.1. The molecule has 0 spiro atoms. The molecule has 1 N–H and O–H groups in total. The third kappa shape index (κ3) is 1.53. The first kappa shape index (κ1) is 8.12. The van der Waals surface area contributed by atoms with Crippen molar-refractivity contribution in [1.29, 1.82) is 0 Å². The number of benzene rings is 1. The molecule has 0 saturated heterocycles. The van der Waals surface area contributed by atoms with Crippen LogP contribution in [-0.2, 0) is 6.42 Å². The van der Waals surface area contributed by atoms with Gasteiger partial charge in [0.15, 0.2) is 0 Å². The molecule has 1 nitrogen and oxygen atoms in total. The Morgan fingerprint density at radius 1 is 1.27 bits per heavy atom. The minimum Gasteiger partial charge on any atom is -0.508 e. The quantitative estimate of drug-likeness (QED) is 0.652. The Kier molecular flexibility index (Phi) is 2.18. The molecule has 1 aromatic rings. The predicted molar refractivity (Wildman–Crippen MR) is 47.0 cm³/mol. The summed E-state index contributed by atoms with van der Waals surface area (Å²) in [7, 11) is 0. The van der Waals surface area contributed by atoms with Crippen molar-refractivity contribution >= 4 is 0 Å². The van der Waals surface area contributed by atoms with Crippen LogP contribution >= 0.6 is 0 Å². The van der Waals surface area contributed by atoms with Gasteiger partial charge in [-0.2, -0.15) is 0 Å². The van der Waals surface area contributed by atoms with E-state index in [0.29, 0.717) is 5.75 Å². The van der Waals surface area contributed by atoms with Crippen molar-refractivity contribution in [3.05, 3.63) is 28.8 Å². The second-order valence-corrected chi connectivity index (χ2v) is 2.93. The van der Waals surface area contributed by atoms with E-state index in [0.717, 1.165) is 17.5 Å². The number of aromatic hydroxyl groups is 1. The first-order valence-electron chi connectivity index (χ1n) is 3.94. The van der Waals surface area contributed by atoms with Crippen molar-refractivity contribution in [2.45, 2.75) is 27.2 Å². The van der Waals surface area contributed by atoms with Gasteiger partial charge in [0.05, 0.1) is 0 Å². The summed E-state index contributed by atoms with van der Waals surface area (Å²) in [5, 5.41) is 9.47. The maximum atomic E-state index is 9.47. The molecule has 0 aliphatic heterocycles. The standard InChI is InChI=1S/C10H14O/c1-4-9-8(3)5-7(2)6-10(9)11/h5-6,11H,4H2,1-3H3. The number of hydrogen-bond acceptors (Lipinski definition) is 1. The minimum absolute atomic E-state index is 0.435. The topological polar surface area (TPSA) is 20.2 Å². The largest absolute Gasteiger partial charge is 0.508 e. The molecule has 1 aromatic carbocycles. The fraction of sp³-hybridized carbons (Fsp3) is 0.400. The molecule has 1 heteroatoms. The second-order valence-electron chi connectivity index (χ2n) is 2.93. The lowest BCUT2D eigenvalue weighted by Crippen LogP contribution is -1.88. The molecule has 0 bridgehead atoms. The van der Waals surface area contributed by atoms with Crippen LogP contribution in [0.4, 0.5) is 0 Å². The van der Waals surface area contributed by atoms with Crippen LogP contribution in [0, 0.1) is 13.8 Å². The van der Waals surface area contributed by atoms with E-state index in [4.69, 9.17) is 0 Å². The summed E-state index contributed by atoms with van der Waals surface area (Å²) in [5.74, 6) is 0.435. The van der Waals surface area contributed by atoms with Crippen molar-refractivity contribution in [3.8, 4) is 5.75 Å². The summed E-state index contributed by atoms with van der Waals surface area (Å²) in [6.07, 6.45) is 0.901. The molecule has 0 aliphatic rings. The van der Waals surface area contributed by atoms with Crippen LogP contribution in [0.15, 0.2) is 12.1 Å². The van der Waals surface area contributed by atoms with Crippen LogP contribution in [-0.4, -0.2) is 5.11 Å². The summed E-state index contributed by atoms with van der Waals surface area (Å²) in [5.41, 5.74) is 3.37. The van der Waals surface area contributed by atoms with Gasteiger partial charge < -0.3 is 5.11 Å². The van der Waals surface area contributed by atoms with Gasteiger partial charge in [0.2, 0.25) is 0 Å². The first-order chi connectivity index (χ1) is 5.15. The zero-order chi connectivity index (χ0) is 8.43. The Balaban J connectivity index is 3.25. The Bertz CT molecular complexity index is 241. The fourth-order valence-corrected chi connectivity index (χ4v) is 1.44. The summed E-state index contributed by atoms with van der Waals surface area (Å²) < 4.78 is 0. The third-order valence-electron chi connectivity index (χ3n) is 1.95. The van der Waals surface area contributed by atoms with Gasteiger partial charge in [-0.1, -0.05) is 13.0 Å². The molecular formula is C10H14O. The van der Waals surface area contributed by atoms with Crippen molar-refractivity contribution in [2.75, 3.05) is 0 Å². The maximum absolute atomic E-state index is 9.47. The highest BCUT2D eigenvalue weighted by molar-refractivity contribution is 5.41. The maximum Gasteiger partial charge on any atom is 0.119 e. The number of phenols is 1. The van der Waals surface area contributed by atoms with E-state index in [2.05, 4.69) is 13.0 Å². The molecular weight excluding hydrogens is 136 g/mol. The van der Waals surface area contributed by atoms with Crippen LogP contribution in [0.25, 0.3) is 0 Å². The van der Waals surface area contributed by atoms with E-state index in [9.17, 15) is 5.11 Å². The van der Waals surface area contributed by atoms with E-state index in [1.165, 1.54) is 5.56 Å². The fourth-order valence-electron chi connectivity index (χ4n) is 1.44. The Hall–Kier alpha value is -0.980. The van der Waals surface area contributed by atoms with Crippen LogP contribution in [0.5, 0.6) is 5.75 Å². The van der Waals surface area contributed by atoms with Gasteiger partial charge in [0, 0.05) is 0 Å². The lowest BCUT2D eigenvalue weighted by Gasteiger charge is -2.06. The lowest BCUT2D eigenvalue weighted by molar-refractivity contribution is 0.467. The van der Waals surface area contributed by atoms with Crippen LogP contribution in [0.3, 0.4) is 0 Å². The van der Waals surface area contributed by atoms with Gasteiger partial charge in [-0.15, -0.1) is 0 Å². The summed E-state index contributed by atoms with van der Waals surface area (Å²) in [6.45, 7) is 6.08. The molecule has 11 heavy (non-hydrogen) atoms.